The van der Waals surface area contributed by atoms with Gasteiger partial charge in [-0.25, -0.2) is 4.99 Å². The van der Waals surface area contributed by atoms with Crippen LogP contribution in [0.5, 0.6) is 0 Å². The minimum absolute atomic E-state index is 0.0102. The van der Waals surface area contributed by atoms with E-state index in [1.807, 2.05) is 30.3 Å². The first-order chi connectivity index (χ1) is 12.8. The van der Waals surface area contributed by atoms with Crippen LogP contribution in [0.4, 0.5) is 11.4 Å². The molecule has 1 saturated carbocycles. The highest BCUT2D eigenvalue weighted by molar-refractivity contribution is 14.1. The first-order valence-corrected chi connectivity index (χ1v) is 9.62. The molecule has 1 spiro atoms. The van der Waals surface area contributed by atoms with E-state index >= 15 is 0 Å². The minimum atomic E-state index is -1.09. The molecular weight excluding hydrogens is 459 g/mol. The van der Waals surface area contributed by atoms with Gasteiger partial charge in [0.05, 0.1) is 19.6 Å². The van der Waals surface area contributed by atoms with Crippen LogP contribution in [0.15, 0.2) is 63.2 Å². The Bertz CT molecular complexity index is 961. The molecule has 27 heavy (non-hydrogen) atoms. The Labute approximate surface area is 169 Å². The zero-order valence-corrected chi connectivity index (χ0v) is 16.7. The molecule has 1 fully saturated rings. The van der Waals surface area contributed by atoms with Gasteiger partial charge in [-0.05, 0) is 54.5 Å². The van der Waals surface area contributed by atoms with Gasteiger partial charge in [-0.2, -0.15) is 0 Å². The van der Waals surface area contributed by atoms with E-state index in [0.29, 0.717) is 17.3 Å². The number of ether oxygens (including phenoxy) is 1. The molecule has 1 N–H and O–H groups in total. The molecule has 7 heteroatoms. The smallest absolute Gasteiger partial charge is 0.269 e. The van der Waals surface area contributed by atoms with Gasteiger partial charge in [-0.3, -0.25) is 10.1 Å². The molecule has 1 aliphatic carbocycles. The highest BCUT2D eigenvalue weighted by Gasteiger charge is 2.65. The number of halogens is 1. The number of hydrogen-bond acceptors (Lipinski definition) is 5. The largest absolute Gasteiger partial charge is 0.441 e. The maximum Gasteiger partial charge on any atom is 0.269 e. The van der Waals surface area contributed by atoms with Gasteiger partial charge in [-0.1, -0.05) is 30.3 Å². The summed E-state index contributed by atoms with van der Waals surface area (Å²) in [6.45, 7) is 1.80. The Hall–Kier alpha value is -2.26. The minimum Gasteiger partial charge on any atom is -0.441 e. The lowest BCUT2D eigenvalue weighted by atomic mass is 9.82. The molecule has 0 saturated heterocycles. The topological polar surface area (TPSA) is 85.0 Å². The molecule has 0 bridgehead atoms. The second-order valence-corrected chi connectivity index (χ2v) is 8.03. The number of rotatable bonds is 3. The second-order valence-electron chi connectivity index (χ2n) is 6.96. The molecule has 1 aliphatic heterocycles. The lowest BCUT2D eigenvalue weighted by Gasteiger charge is -2.39. The van der Waals surface area contributed by atoms with Crippen LogP contribution in [0.1, 0.15) is 25.3 Å². The summed E-state index contributed by atoms with van der Waals surface area (Å²) in [5.74, 6) is 1.06. The van der Waals surface area contributed by atoms with E-state index in [-0.39, 0.29) is 5.69 Å². The first kappa shape index (κ1) is 18.1. The van der Waals surface area contributed by atoms with Crippen molar-refractivity contribution in [3.8, 4) is 0 Å². The lowest BCUT2D eigenvalue weighted by molar-refractivity contribution is -0.384. The first-order valence-electron chi connectivity index (χ1n) is 8.55. The van der Waals surface area contributed by atoms with E-state index in [1.165, 1.54) is 12.1 Å². The molecule has 0 radical (unpaired) electrons. The standard InChI is InChI=1S/C20H17IN2O4/c1-19(24)17(21)16(13-5-3-2-4-6-13)27-18(20(19)11-12-20)22-14-7-9-15(10-8-14)23(25)26/h2-10,24H,11-12H2,1H3. The number of nitro benzene ring substituents is 1. The van der Waals surface area contributed by atoms with Gasteiger partial charge in [0.1, 0.15) is 11.4 Å². The van der Waals surface area contributed by atoms with Crippen molar-refractivity contribution in [1.29, 1.82) is 0 Å². The Kier molecular flexibility index (Phi) is 4.31. The summed E-state index contributed by atoms with van der Waals surface area (Å²) in [4.78, 5) is 15.0. The average molecular weight is 476 g/mol. The van der Waals surface area contributed by atoms with Crippen LogP contribution in [-0.4, -0.2) is 21.5 Å². The van der Waals surface area contributed by atoms with Crippen molar-refractivity contribution in [2.45, 2.75) is 25.4 Å². The van der Waals surface area contributed by atoms with E-state index in [1.54, 1.807) is 19.1 Å². The van der Waals surface area contributed by atoms with Gasteiger partial charge >= 0.3 is 0 Å². The highest BCUT2D eigenvalue weighted by atomic mass is 127. The van der Waals surface area contributed by atoms with Crippen LogP contribution < -0.4 is 0 Å². The summed E-state index contributed by atoms with van der Waals surface area (Å²) >= 11 is 2.16. The van der Waals surface area contributed by atoms with E-state index in [2.05, 4.69) is 27.6 Å². The number of nitro groups is 1. The molecule has 1 atom stereocenters. The summed E-state index contributed by atoms with van der Waals surface area (Å²) in [5, 5.41) is 22.2. The number of nitrogens with zero attached hydrogens (tertiary/aromatic N) is 2. The zero-order valence-electron chi connectivity index (χ0n) is 14.6. The normalized spacial score (nSPS) is 24.8. The Morgan fingerprint density at radius 2 is 1.78 bits per heavy atom. The maximum absolute atomic E-state index is 11.3. The summed E-state index contributed by atoms with van der Waals surface area (Å²) in [7, 11) is 0. The van der Waals surface area contributed by atoms with E-state index < -0.39 is 15.9 Å². The number of aliphatic hydroxyl groups is 1. The van der Waals surface area contributed by atoms with E-state index in [9.17, 15) is 15.2 Å². The predicted octanol–water partition coefficient (Wildman–Crippen LogP) is 4.99. The molecule has 1 heterocycles. The molecule has 0 aromatic heterocycles. The van der Waals surface area contributed by atoms with Crippen LogP contribution in [0, 0.1) is 15.5 Å². The fraction of sp³-hybridized carbons (Fsp3) is 0.250. The van der Waals surface area contributed by atoms with Crippen molar-refractivity contribution in [2.24, 2.45) is 10.4 Å². The molecular formula is C20H17IN2O4. The Morgan fingerprint density at radius 3 is 2.33 bits per heavy atom. The van der Waals surface area contributed by atoms with Crippen LogP contribution in [0.25, 0.3) is 5.76 Å². The van der Waals surface area contributed by atoms with Gasteiger partial charge in [-0.15, -0.1) is 0 Å². The molecule has 1 unspecified atom stereocenters. The van der Waals surface area contributed by atoms with Gasteiger partial charge in [0.2, 0.25) is 5.90 Å². The van der Waals surface area contributed by atoms with Gasteiger partial charge in [0.15, 0.2) is 0 Å². The SMILES string of the molecule is CC1(O)C(I)=C(c2ccccc2)OC(=Nc2ccc([N+](=O)[O-])cc2)C12CC2. The third kappa shape index (κ3) is 2.94. The third-order valence-electron chi connectivity index (χ3n) is 5.24. The summed E-state index contributed by atoms with van der Waals surface area (Å²) in [6, 6.07) is 15.6. The van der Waals surface area contributed by atoms with Crippen molar-refractivity contribution < 1.29 is 14.8 Å². The molecule has 6 nitrogen and oxygen atoms in total. The second kappa shape index (κ2) is 6.42. The summed E-state index contributed by atoms with van der Waals surface area (Å²) in [5.41, 5.74) is -0.202. The van der Waals surface area contributed by atoms with E-state index in [0.717, 1.165) is 22.0 Å². The summed E-state index contributed by atoms with van der Waals surface area (Å²) in [6.07, 6.45) is 1.56. The predicted molar refractivity (Wildman–Crippen MR) is 111 cm³/mol. The third-order valence-corrected chi connectivity index (χ3v) is 6.78. The number of hydrogen-bond donors (Lipinski definition) is 1. The molecule has 138 valence electrons. The number of benzene rings is 2. The lowest BCUT2D eigenvalue weighted by Crippen LogP contribution is -2.46. The van der Waals surface area contributed by atoms with Crippen LogP contribution in [0.2, 0.25) is 0 Å². The van der Waals surface area contributed by atoms with Crippen molar-refractivity contribution in [1.82, 2.24) is 0 Å². The fourth-order valence-electron chi connectivity index (χ4n) is 3.38. The number of aliphatic imine (C=N–C) groups is 1. The molecule has 2 aliphatic rings. The van der Waals surface area contributed by atoms with E-state index in [4.69, 9.17) is 4.74 Å². The Balaban J connectivity index is 1.78. The van der Waals surface area contributed by atoms with Gasteiger partial charge < -0.3 is 9.84 Å². The van der Waals surface area contributed by atoms with Gasteiger partial charge in [0, 0.05) is 17.7 Å². The summed E-state index contributed by atoms with van der Waals surface area (Å²) < 4.78 is 6.96. The monoisotopic (exact) mass is 476 g/mol. The van der Waals surface area contributed by atoms with Crippen molar-refractivity contribution in [3.05, 3.63) is 73.9 Å². The quantitative estimate of drug-likeness (QED) is 0.384. The molecule has 2 aromatic carbocycles. The van der Waals surface area contributed by atoms with Crippen LogP contribution in [0.3, 0.4) is 0 Å². The maximum atomic E-state index is 11.3. The Morgan fingerprint density at radius 1 is 1.15 bits per heavy atom. The molecule has 2 aromatic rings. The zero-order chi connectivity index (χ0) is 19.2. The fourth-order valence-corrected chi connectivity index (χ4v) is 4.31. The van der Waals surface area contributed by atoms with Gasteiger partial charge in [0.25, 0.3) is 5.69 Å². The molecule has 4 rings (SSSR count). The van der Waals surface area contributed by atoms with Crippen molar-refractivity contribution >= 4 is 45.6 Å². The van der Waals surface area contributed by atoms with Crippen LogP contribution >= 0.6 is 22.6 Å². The van der Waals surface area contributed by atoms with Crippen LogP contribution in [-0.2, 0) is 4.74 Å². The average Bonchev–Trinajstić information content (AvgIpc) is 3.47. The molecule has 0 amide bonds. The van der Waals surface area contributed by atoms with Crippen molar-refractivity contribution in [3.63, 3.8) is 0 Å². The number of non-ortho nitro benzene ring substituents is 1. The van der Waals surface area contributed by atoms with Crippen molar-refractivity contribution in [2.75, 3.05) is 0 Å². The highest BCUT2D eigenvalue weighted by Crippen LogP contribution is 2.63.